The summed E-state index contributed by atoms with van der Waals surface area (Å²) < 4.78 is 5.21. The Balaban J connectivity index is 1.69. The van der Waals surface area contributed by atoms with Crippen molar-refractivity contribution < 1.29 is 4.42 Å². The number of nitrogens with one attached hydrogen (secondary N) is 1. The highest BCUT2D eigenvalue weighted by Crippen LogP contribution is 2.08. The third-order valence-electron chi connectivity index (χ3n) is 1.81. The molecule has 0 aliphatic carbocycles. The minimum atomic E-state index is 0.902. The fourth-order valence-electron chi connectivity index (χ4n) is 1.19. The average Bonchev–Trinajstić information content (AvgIpc) is 2.75. The zero-order valence-corrected chi connectivity index (χ0v) is 8.14. The Morgan fingerprint density at radius 2 is 2.62 bits per heavy atom. The lowest BCUT2D eigenvalue weighted by Crippen LogP contribution is -2.21. The molecule has 70 valence electrons. The molecule has 0 bridgehead atoms. The smallest absolute Gasteiger partial charge is 0.156 e. The molecule has 0 atom stereocenters. The highest BCUT2D eigenvalue weighted by molar-refractivity contribution is 8.14. The Kier molecular flexibility index (Phi) is 2.92. The molecule has 0 radical (unpaired) electrons. The Bertz CT molecular complexity index is 282. The van der Waals surface area contributed by atoms with E-state index in [1.54, 1.807) is 18.0 Å². The Morgan fingerprint density at radius 3 is 3.31 bits per heavy atom. The summed E-state index contributed by atoms with van der Waals surface area (Å²) in [6.45, 7) is 1.85. The number of hydrogen-bond acceptors (Lipinski definition) is 4. The molecule has 0 fully saturated rings. The van der Waals surface area contributed by atoms with E-state index in [0.29, 0.717) is 0 Å². The van der Waals surface area contributed by atoms with Crippen LogP contribution in [0.5, 0.6) is 0 Å². The molecule has 1 aromatic rings. The topological polar surface area (TPSA) is 37.5 Å². The van der Waals surface area contributed by atoms with Crippen LogP contribution in [-0.4, -0.2) is 24.0 Å². The van der Waals surface area contributed by atoms with Crippen molar-refractivity contribution in [3.05, 3.63) is 24.2 Å². The van der Waals surface area contributed by atoms with E-state index in [0.717, 1.165) is 36.2 Å². The molecule has 2 heterocycles. The van der Waals surface area contributed by atoms with Crippen molar-refractivity contribution in [3.63, 3.8) is 0 Å². The van der Waals surface area contributed by atoms with Gasteiger partial charge in [-0.1, -0.05) is 11.8 Å². The molecule has 1 aliphatic heterocycles. The summed E-state index contributed by atoms with van der Waals surface area (Å²) in [7, 11) is 0. The largest absolute Gasteiger partial charge is 0.469 e. The molecule has 1 aliphatic rings. The lowest BCUT2D eigenvalue weighted by Gasteiger charge is -2.02. The highest BCUT2D eigenvalue weighted by atomic mass is 32.2. The van der Waals surface area contributed by atoms with Crippen LogP contribution in [0.3, 0.4) is 0 Å². The molecule has 0 spiro atoms. The third kappa shape index (κ3) is 2.52. The van der Waals surface area contributed by atoms with Crippen LogP contribution in [0.4, 0.5) is 0 Å². The fraction of sp³-hybridized carbons (Fsp3) is 0.444. The molecule has 0 aromatic carbocycles. The van der Waals surface area contributed by atoms with Crippen molar-refractivity contribution >= 4 is 16.9 Å². The van der Waals surface area contributed by atoms with Gasteiger partial charge in [0.05, 0.1) is 12.8 Å². The van der Waals surface area contributed by atoms with Gasteiger partial charge < -0.3 is 9.73 Å². The minimum absolute atomic E-state index is 0.902. The van der Waals surface area contributed by atoms with Crippen LogP contribution >= 0.6 is 11.8 Å². The molecule has 3 nitrogen and oxygen atoms in total. The van der Waals surface area contributed by atoms with Crippen LogP contribution in [0.25, 0.3) is 0 Å². The van der Waals surface area contributed by atoms with Gasteiger partial charge in [-0.05, 0) is 12.1 Å². The van der Waals surface area contributed by atoms with Crippen molar-refractivity contribution in [2.45, 2.75) is 6.42 Å². The summed E-state index contributed by atoms with van der Waals surface area (Å²) in [6.07, 6.45) is 2.63. The first-order chi connectivity index (χ1) is 6.45. The van der Waals surface area contributed by atoms with Gasteiger partial charge in [-0.15, -0.1) is 0 Å². The predicted molar refractivity (Wildman–Crippen MR) is 55.2 cm³/mol. The molecule has 0 saturated carbocycles. The Labute approximate surface area is 81.6 Å². The van der Waals surface area contributed by atoms with Gasteiger partial charge in [0.2, 0.25) is 0 Å². The Morgan fingerprint density at radius 1 is 1.62 bits per heavy atom. The maximum atomic E-state index is 5.21. The molecular weight excluding hydrogens is 184 g/mol. The van der Waals surface area contributed by atoms with Crippen molar-refractivity contribution in [3.8, 4) is 0 Å². The summed E-state index contributed by atoms with van der Waals surface area (Å²) in [4.78, 5) is 4.29. The SMILES string of the molecule is c1coc(CCNC2=NCCS2)c1. The molecule has 13 heavy (non-hydrogen) atoms. The predicted octanol–water partition coefficient (Wildman–Crippen LogP) is 1.51. The van der Waals surface area contributed by atoms with Crippen molar-refractivity contribution in [1.29, 1.82) is 0 Å². The summed E-state index contributed by atoms with van der Waals surface area (Å²) >= 11 is 1.79. The van der Waals surface area contributed by atoms with Gasteiger partial charge in [-0.3, -0.25) is 4.99 Å². The first-order valence-electron chi connectivity index (χ1n) is 4.38. The number of amidine groups is 1. The van der Waals surface area contributed by atoms with Gasteiger partial charge in [-0.25, -0.2) is 0 Å². The summed E-state index contributed by atoms with van der Waals surface area (Å²) in [5, 5.41) is 4.35. The maximum Gasteiger partial charge on any atom is 0.156 e. The first-order valence-corrected chi connectivity index (χ1v) is 5.37. The first kappa shape index (κ1) is 8.69. The third-order valence-corrected chi connectivity index (χ3v) is 2.75. The van der Waals surface area contributed by atoms with E-state index in [1.807, 2.05) is 12.1 Å². The number of thioether (sulfide) groups is 1. The van der Waals surface area contributed by atoms with Crippen molar-refractivity contribution in [2.24, 2.45) is 4.99 Å². The minimum Gasteiger partial charge on any atom is -0.469 e. The Hall–Kier alpha value is -0.900. The zero-order chi connectivity index (χ0) is 8.93. The van der Waals surface area contributed by atoms with Crippen molar-refractivity contribution in [2.75, 3.05) is 18.8 Å². The van der Waals surface area contributed by atoms with E-state index < -0.39 is 0 Å². The molecule has 2 rings (SSSR count). The highest BCUT2D eigenvalue weighted by Gasteiger charge is 2.05. The van der Waals surface area contributed by atoms with E-state index in [9.17, 15) is 0 Å². The van der Waals surface area contributed by atoms with Crippen LogP contribution in [-0.2, 0) is 6.42 Å². The van der Waals surface area contributed by atoms with Crippen molar-refractivity contribution in [1.82, 2.24) is 5.32 Å². The van der Waals surface area contributed by atoms with Gasteiger partial charge in [0.1, 0.15) is 5.76 Å². The molecule has 0 amide bonds. The van der Waals surface area contributed by atoms with E-state index >= 15 is 0 Å². The molecular formula is C9H12N2OS. The summed E-state index contributed by atoms with van der Waals surface area (Å²) in [6, 6.07) is 3.91. The van der Waals surface area contributed by atoms with Crippen LogP contribution in [0.2, 0.25) is 0 Å². The second kappa shape index (κ2) is 4.37. The van der Waals surface area contributed by atoms with E-state index in [2.05, 4.69) is 10.3 Å². The molecule has 0 unspecified atom stereocenters. The van der Waals surface area contributed by atoms with E-state index in [4.69, 9.17) is 4.42 Å². The van der Waals surface area contributed by atoms with E-state index in [1.165, 1.54) is 0 Å². The zero-order valence-electron chi connectivity index (χ0n) is 7.32. The van der Waals surface area contributed by atoms with Crippen LogP contribution in [0.15, 0.2) is 27.8 Å². The van der Waals surface area contributed by atoms with Crippen LogP contribution < -0.4 is 5.32 Å². The second-order valence-electron chi connectivity index (χ2n) is 2.79. The number of nitrogens with zero attached hydrogens (tertiary/aromatic N) is 1. The quantitative estimate of drug-likeness (QED) is 0.796. The monoisotopic (exact) mass is 196 g/mol. The number of furan rings is 1. The number of hydrogen-bond donors (Lipinski definition) is 1. The van der Waals surface area contributed by atoms with Gasteiger partial charge >= 0.3 is 0 Å². The molecule has 4 heteroatoms. The molecule has 0 saturated heterocycles. The summed E-state index contributed by atoms with van der Waals surface area (Å²) in [5.41, 5.74) is 0. The lowest BCUT2D eigenvalue weighted by molar-refractivity contribution is 0.507. The van der Waals surface area contributed by atoms with Gasteiger partial charge in [0, 0.05) is 18.7 Å². The standard InChI is InChI=1S/C9H12N2OS/c1-2-8(12-6-1)3-4-10-9-11-5-7-13-9/h1-2,6H,3-5,7H2,(H,10,11). The summed E-state index contributed by atoms with van der Waals surface area (Å²) in [5.74, 6) is 2.14. The number of aliphatic imine (C=N–C) groups is 1. The van der Waals surface area contributed by atoms with Gasteiger partial charge in [-0.2, -0.15) is 0 Å². The number of rotatable bonds is 3. The van der Waals surface area contributed by atoms with Crippen LogP contribution in [0.1, 0.15) is 5.76 Å². The van der Waals surface area contributed by atoms with Gasteiger partial charge in [0.25, 0.3) is 0 Å². The normalized spacial score (nSPS) is 15.8. The second-order valence-corrected chi connectivity index (χ2v) is 3.88. The average molecular weight is 196 g/mol. The van der Waals surface area contributed by atoms with Crippen LogP contribution in [0, 0.1) is 0 Å². The maximum absolute atomic E-state index is 5.21. The molecule has 1 aromatic heterocycles. The molecule has 1 N–H and O–H groups in total. The fourth-order valence-corrected chi connectivity index (χ4v) is 1.95. The van der Waals surface area contributed by atoms with E-state index in [-0.39, 0.29) is 0 Å². The van der Waals surface area contributed by atoms with Gasteiger partial charge in [0.15, 0.2) is 5.17 Å². The lowest BCUT2D eigenvalue weighted by atomic mass is 10.3.